The first kappa shape index (κ1) is 33.2. The van der Waals surface area contributed by atoms with Gasteiger partial charge in [0, 0.05) is 5.92 Å². The van der Waals surface area contributed by atoms with Gasteiger partial charge in [0.2, 0.25) is 0 Å². The SMILES string of the molecule is c1ccc(-c2ccc(-c3ccccc3)c(-c3ccc4c(c3)-c3ccc5c(c3CCC4c3ccccc3)C3(c4ccccc4-c4ccccc43)c3ccccc3-5)c2)cc1. The Hall–Kier alpha value is -7.02. The number of hydrogen-bond acceptors (Lipinski definition) is 0. The molecule has 12 rings (SSSR count). The summed E-state index contributed by atoms with van der Waals surface area (Å²) in [7, 11) is 0. The molecule has 3 aliphatic carbocycles. The van der Waals surface area contributed by atoms with E-state index in [4.69, 9.17) is 0 Å². The van der Waals surface area contributed by atoms with Gasteiger partial charge in [0.05, 0.1) is 5.41 Å². The van der Waals surface area contributed by atoms with Crippen molar-refractivity contribution in [2.75, 3.05) is 0 Å². The molecule has 1 atom stereocenters. The van der Waals surface area contributed by atoms with Gasteiger partial charge in [0.15, 0.2) is 0 Å². The Kier molecular flexibility index (Phi) is 7.44. The topological polar surface area (TPSA) is 0 Å². The van der Waals surface area contributed by atoms with Crippen molar-refractivity contribution in [3.8, 4) is 66.8 Å². The fourth-order valence-corrected chi connectivity index (χ4v) is 11.0. The van der Waals surface area contributed by atoms with Crippen molar-refractivity contribution < 1.29 is 0 Å². The fourth-order valence-electron chi connectivity index (χ4n) is 11.0. The molecule has 0 aliphatic heterocycles. The van der Waals surface area contributed by atoms with Crippen LogP contribution < -0.4 is 0 Å². The molecule has 1 unspecified atom stereocenters. The summed E-state index contributed by atoms with van der Waals surface area (Å²) in [5.41, 5.74) is 25.1. The van der Waals surface area contributed by atoms with Crippen LogP contribution in [0.1, 0.15) is 51.3 Å². The lowest BCUT2D eigenvalue weighted by Crippen LogP contribution is -2.27. The van der Waals surface area contributed by atoms with Gasteiger partial charge in [0.1, 0.15) is 0 Å². The summed E-state index contributed by atoms with van der Waals surface area (Å²) >= 11 is 0. The molecule has 272 valence electrons. The molecule has 3 aliphatic rings. The van der Waals surface area contributed by atoms with E-state index in [9.17, 15) is 0 Å². The van der Waals surface area contributed by atoms with Crippen LogP contribution in [0.5, 0.6) is 0 Å². The van der Waals surface area contributed by atoms with Crippen LogP contribution in [-0.2, 0) is 11.8 Å². The van der Waals surface area contributed by atoms with E-state index in [-0.39, 0.29) is 11.3 Å². The van der Waals surface area contributed by atoms with Gasteiger partial charge in [-0.15, -0.1) is 0 Å². The van der Waals surface area contributed by atoms with Gasteiger partial charge in [-0.25, -0.2) is 0 Å². The van der Waals surface area contributed by atoms with E-state index in [1.165, 1.54) is 106 Å². The molecule has 0 fully saturated rings. The number of benzene rings is 9. The van der Waals surface area contributed by atoms with E-state index in [0.29, 0.717) is 0 Å². The van der Waals surface area contributed by atoms with E-state index >= 15 is 0 Å². The quantitative estimate of drug-likeness (QED) is 0.169. The molecule has 0 N–H and O–H groups in total. The van der Waals surface area contributed by atoms with Crippen molar-refractivity contribution in [3.05, 3.63) is 251 Å². The highest BCUT2D eigenvalue weighted by Gasteiger charge is 2.53. The van der Waals surface area contributed by atoms with Crippen molar-refractivity contribution in [1.82, 2.24) is 0 Å². The molecule has 0 saturated heterocycles. The zero-order valence-electron chi connectivity index (χ0n) is 32.2. The maximum Gasteiger partial charge on any atom is 0.0728 e. The predicted molar refractivity (Wildman–Crippen MR) is 241 cm³/mol. The molecular weight excluding hydrogens is 697 g/mol. The van der Waals surface area contributed by atoms with Crippen molar-refractivity contribution in [3.63, 3.8) is 0 Å². The molecule has 1 spiro atoms. The molecule has 9 aromatic rings. The monoisotopic (exact) mass is 736 g/mol. The normalized spacial score (nSPS) is 15.1. The molecule has 0 nitrogen and oxygen atoms in total. The first-order valence-corrected chi connectivity index (χ1v) is 20.7. The van der Waals surface area contributed by atoms with Crippen LogP contribution in [0.25, 0.3) is 66.8 Å². The molecule has 0 heterocycles. The zero-order chi connectivity index (χ0) is 38.2. The number of fused-ring (bicyclic) bond motifs is 14. The second-order valence-electron chi connectivity index (χ2n) is 16.2. The average Bonchev–Trinajstić information content (AvgIpc) is 3.70. The van der Waals surface area contributed by atoms with Crippen molar-refractivity contribution in [1.29, 1.82) is 0 Å². The minimum atomic E-state index is -0.390. The first-order chi connectivity index (χ1) is 28.8. The van der Waals surface area contributed by atoms with Crippen molar-refractivity contribution in [2.24, 2.45) is 0 Å². The van der Waals surface area contributed by atoms with Gasteiger partial charge in [-0.05, 0) is 131 Å². The Morgan fingerprint density at radius 1 is 0.328 bits per heavy atom. The van der Waals surface area contributed by atoms with Crippen LogP contribution in [0.15, 0.2) is 212 Å². The summed E-state index contributed by atoms with van der Waals surface area (Å²) in [5, 5.41) is 0. The van der Waals surface area contributed by atoms with Crippen LogP contribution in [0.4, 0.5) is 0 Å². The molecule has 58 heavy (non-hydrogen) atoms. The van der Waals surface area contributed by atoms with Gasteiger partial charge in [0.25, 0.3) is 0 Å². The molecule has 0 saturated carbocycles. The number of hydrogen-bond donors (Lipinski definition) is 0. The smallest absolute Gasteiger partial charge is 0.0622 e. The average molecular weight is 737 g/mol. The van der Waals surface area contributed by atoms with Crippen LogP contribution in [0, 0.1) is 0 Å². The van der Waals surface area contributed by atoms with Gasteiger partial charge in [-0.3, -0.25) is 0 Å². The summed E-state index contributed by atoms with van der Waals surface area (Å²) < 4.78 is 0. The third-order valence-electron chi connectivity index (χ3n) is 13.4. The lowest BCUT2D eigenvalue weighted by atomic mass is 9.68. The Balaban J connectivity index is 1.15. The summed E-state index contributed by atoms with van der Waals surface area (Å²) in [6, 6.07) is 79.8. The lowest BCUT2D eigenvalue weighted by Gasteiger charge is -2.33. The summed E-state index contributed by atoms with van der Waals surface area (Å²) in [5.74, 6) is 0.264. The van der Waals surface area contributed by atoms with Gasteiger partial charge in [-0.1, -0.05) is 200 Å². The highest BCUT2D eigenvalue weighted by Crippen LogP contribution is 2.64. The Morgan fingerprint density at radius 2 is 0.828 bits per heavy atom. The Morgan fingerprint density at radius 3 is 1.48 bits per heavy atom. The number of rotatable bonds is 4. The van der Waals surface area contributed by atoms with E-state index in [1.807, 2.05) is 0 Å². The van der Waals surface area contributed by atoms with Gasteiger partial charge in [-0.2, -0.15) is 0 Å². The van der Waals surface area contributed by atoms with Crippen LogP contribution in [0.2, 0.25) is 0 Å². The fraction of sp³-hybridized carbons (Fsp3) is 0.0690. The minimum Gasteiger partial charge on any atom is -0.0622 e. The molecule has 0 bridgehead atoms. The largest absolute Gasteiger partial charge is 0.0728 e. The highest BCUT2D eigenvalue weighted by atomic mass is 14.5. The van der Waals surface area contributed by atoms with Gasteiger partial charge >= 0.3 is 0 Å². The van der Waals surface area contributed by atoms with Crippen LogP contribution in [0.3, 0.4) is 0 Å². The molecule has 0 amide bonds. The summed E-state index contributed by atoms with van der Waals surface area (Å²) in [6.07, 6.45) is 2.02. The third kappa shape index (κ3) is 4.76. The molecule has 0 radical (unpaired) electrons. The Bertz CT molecular complexity index is 2980. The molecule has 9 aromatic carbocycles. The summed E-state index contributed by atoms with van der Waals surface area (Å²) in [6.45, 7) is 0. The van der Waals surface area contributed by atoms with E-state index in [2.05, 4.69) is 212 Å². The minimum absolute atomic E-state index is 0.264. The predicted octanol–water partition coefficient (Wildman–Crippen LogP) is 14.8. The second kappa shape index (κ2) is 13.0. The maximum atomic E-state index is 2.53. The lowest BCUT2D eigenvalue weighted by molar-refractivity contribution is 0.708. The molecule has 0 heteroatoms. The summed E-state index contributed by atoms with van der Waals surface area (Å²) in [4.78, 5) is 0. The molecule has 0 aromatic heterocycles. The third-order valence-corrected chi connectivity index (χ3v) is 13.4. The highest BCUT2D eigenvalue weighted by molar-refractivity contribution is 5.98. The first-order valence-electron chi connectivity index (χ1n) is 20.7. The van der Waals surface area contributed by atoms with E-state index < -0.39 is 0 Å². The second-order valence-corrected chi connectivity index (χ2v) is 16.2. The van der Waals surface area contributed by atoms with Crippen molar-refractivity contribution >= 4 is 0 Å². The van der Waals surface area contributed by atoms with Crippen LogP contribution in [-0.4, -0.2) is 0 Å². The van der Waals surface area contributed by atoms with E-state index in [0.717, 1.165) is 12.8 Å². The Labute approximate surface area is 340 Å². The van der Waals surface area contributed by atoms with Crippen molar-refractivity contribution in [2.45, 2.75) is 24.2 Å². The van der Waals surface area contributed by atoms with Gasteiger partial charge < -0.3 is 0 Å². The zero-order valence-corrected chi connectivity index (χ0v) is 32.2. The standard InChI is InChI=1S/C58H40/c1-4-16-38(17-5-1)41-28-30-44(40-20-8-3-9-21-40)52(36-41)42-29-31-45-43(39-18-6-2-7-19-39)32-34-50-46(53(45)37-42)33-35-51-49-24-12-15-27-56(49)58(57(50)51)54-25-13-10-22-47(54)48-23-11-14-26-55(48)58/h1-31,33,35-37,43H,32,34H2. The van der Waals surface area contributed by atoms with E-state index in [1.54, 1.807) is 0 Å². The maximum absolute atomic E-state index is 2.53. The van der Waals surface area contributed by atoms with Crippen LogP contribution >= 0.6 is 0 Å². The molecular formula is C58H40.